The Morgan fingerprint density at radius 3 is 2.06 bits per heavy atom. The van der Waals surface area contributed by atoms with Gasteiger partial charge in [-0.15, -0.1) is 0 Å². The van der Waals surface area contributed by atoms with Gasteiger partial charge in [0.2, 0.25) is 5.91 Å². The van der Waals surface area contributed by atoms with E-state index < -0.39 is 0 Å². The highest BCUT2D eigenvalue weighted by Gasteiger charge is 2.39. The van der Waals surface area contributed by atoms with Crippen LogP contribution in [0.4, 0.5) is 0 Å². The number of hydrogen-bond donors (Lipinski definition) is 2. The van der Waals surface area contributed by atoms with Gasteiger partial charge in [-0.25, -0.2) is 0 Å². The molecule has 34 heavy (non-hydrogen) atoms. The van der Waals surface area contributed by atoms with Crippen molar-refractivity contribution in [2.24, 2.45) is 0 Å². The molecule has 0 aliphatic carbocycles. The Balaban J connectivity index is 1.51. The number of amides is 1. The number of nitrogens with zero attached hydrogens (tertiary/aromatic N) is 2. The third kappa shape index (κ3) is 6.47. The van der Waals surface area contributed by atoms with Gasteiger partial charge in [-0.05, 0) is 63.9 Å². The van der Waals surface area contributed by atoms with E-state index in [1.54, 1.807) is 0 Å². The van der Waals surface area contributed by atoms with Crippen molar-refractivity contribution < 1.29 is 4.79 Å². The van der Waals surface area contributed by atoms with Gasteiger partial charge in [0.1, 0.15) is 0 Å². The van der Waals surface area contributed by atoms with E-state index in [0.717, 1.165) is 26.1 Å². The molecule has 2 atom stereocenters. The fourth-order valence-corrected chi connectivity index (χ4v) is 5.64. The summed E-state index contributed by atoms with van der Waals surface area (Å²) in [6, 6.07) is 22.4. The molecule has 4 rings (SSSR count). The summed E-state index contributed by atoms with van der Waals surface area (Å²) in [6.07, 6.45) is 3.27. The van der Waals surface area contributed by atoms with Gasteiger partial charge in [0.05, 0.1) is 6.04 Å². The van der Waals surface area contributed by atoms with Crippen molar-refractivity contribution in [3.8, 4) is 0 Å². The van der Waals surface area contributed by atoms with Crippen LogP contribution in [0.1, 0.15) is 57.1 Å². The van der Waals surface area contributed by atoms with E-state index in [4.69, 9.17) is 0 Å². The van der Waals surface area contributed by atoms with Gasteiger partial charge < -0.3 is 15.5 Å². The minimum absolute atomic E-state index is 0.0921. The Hall–Kier alpha value is -2.21. The maximum Gasteiger partial charge on any atom is 0.237 e. The van der Waals surface area contributed by atoms with Gasteiger partial charge >= 0.3 is 0 Å². The van der Waals surface area contributed by atoms with E-state index in [-0.39, 0.29) is 23.9 Å². The first-order chi connectivity index (χ1) is 16.5. The monoisotopic (exact) mass is 462 g/mol. The lowest BCUT2D eigenvalue weighted by Crippen LogP contribution is -2.47. The fraction of sp³-hybridized carbons (Fsp3) is 0.552. The van der Waals surface area contributed by atoms with Crippen LogP contribution in [0.5, 0.6) is 0 Å². The number of piperidine rings is 1. The Bertz CT molecular complexity index is 840. The largest absolute Gasteiger partial charge is 0.353 e. The molecule has 2 aliphatic rings. The van der Waals surface area contributed by atoms with Gasteiger partial charge in [0.15, 0.2) is 0 Å². The molecule has 2 aliphatic heterocycles. The molecule has 1 amide bonds. The second kappa shape index (κ2) is 12.0. The predicted molar refractivity (Wildman–Crippen MR) is 140 cm³/mol. The highest BCUT2D eigenvalue weighted by Crippen LogP contribution is 2.30. The van der Waals surface area contributed by atoms with E-state index >= 15 is 0 Å². The highest BCUT2D eigenvalue weighted by atomic mass is 16.2. The van der Waals surface area contributed by atoms with Crippen LogP contribution >= 0.6 is 0 Å². The van der Waals surface area contributed by atoms with Crippen molar-refractivity contribution in [1.82, 2.24) is 20.4 Å². The zero-order valence-electron chi connectivity index (χ0n) is 21.1. The first kappa shape index (κ1) is 24.9. The molecular weight excluding hydrogens is 420 g/mol. The summed E-state index contributed by atoms with van der Waals surface area (Å²) in [4.78, 5) is 18.2. The number of carbonyl (C=O) groups is 1. The molecule has 0 spiro atoms. The van der Waals surface area contributed by atoms with Crippen molar-refractivity contribution in [3.63, 3.8) is 0 Å². The number of nitrogens with one attached hydrogen (secondary N) is 2. The molecule has 2 N–H and O–H groups in total. The summed E-state index contributed by atoms with van der Waals surface area (Å²) in [6.45, 7) is 11.6. The molecule has 2 saturated heterocycles. The third-order valence-electron chi connectivity index (χ3n) is 7.46. The summed E-state index contributed by atoms with van der Waals surface area (Å²) >= 11 is 0. The van der Waals surface area contributed by atoms with E-state index in [2.05, 4.69) is 88.0 Å². The standard InChI is InChI=1S/C29H42N4O/c1-4-32-17-15-25(16-18-32)31-26-19-28(29(34)30-22(2)3)33(20-26)21-27(23-11-7-5-8-12-23)24-13-9-6-10-14-24/h5-14,22,25-28,31H,4,15-21H2,1-3H3,(H,30,34)/t26-,28+/m1/s1. The average Bonchev–Trinajstić information content (AvgIpc) is 3.26. The molecule has 0 aromatic heterocycles. The number of benzene rings is 2. The second-order valence-electron chi connectivity index (χ2n) is 10.3. The molecule has 0 bridgehead atoms. The van der Waals surface area contributed by atoms with Crippen LogP contribution in [0.2, 0.25) is 0 Å². The third-order valence-corrected chi connectivity index (χ3v) is 7.46. The Morgan fingerprint density at radius 1 is 0.941 bits per heavy atom. The van der Waals surface area contributed by atoms with E-state index in [1.807, 2.05) is 13.8 Å². The molecule has 2 aromatic rings. The van der Waals surface area contributed by atoms with Gasteiger partial charge in [-0.2, -0.15) is 0 Å². The molecule has 184 valence electrons. The minimum Gasteiger partial charge on any atom is -0.353 e. The molecule has 0 unspecified atom stereocenters. The van der Waals surface area contributed by atoms with Gasteiger partial charge in [-0.3, -0.25) is 9.69 Å². The summed E-state index contributed by atoms with van der Waals surface area (Å²) < 4.78 is 0. The molecule has 0 saturated carbocycles. The summed E-state index contributed by atoms with van der Waals surface area (Å²) in [7, 11) is 0. The zero-order valence-corrected chi connectivity index (χ0v) is 21.1. The lowest BCUT2D eigenvalue weighted by atomic mass is 9.90. The quantitative estimate of drug-likeness (QED) is 0.594. The maximum atomic E-state index is 13.3. The van der Waals surface area contributed by atoms with Crippen molar-refractivity contribution in [1.29, 1.82) is 0 Å². The van der Waals surface area contributed by atoms with Crippen LogP contribution in [-0.4, -0.2) is 72.6 Å². The van der Waals surface area contributed by atoms with Crippen molar-refractivity contribution in [3.05, 3.63) is 71.8 Å². The fourth-order valence-electron chi connectivity index (χ4n) is 5.64. The smallest absolute Gasteiger partial charge is 0.237 e. The molecule has 2 heterocycles. The van der Waals surface area contributed by atoms with E-state index in [9.17, 15) is 4.79 Å². The summed E-state index contributed by atoms with van der Waals surface area (Å²) in [5.74, 6) is 0.406. The van der Waals surface area contributed by atoms with E-state index in [1.165, 1.54) is 37.1 Å². The van der Waals surface area contributed by atoms with Crippen LogP contribution in [0, 0.1) is 0 Å². The normalized spacial score (nSPS) is 22.5. The van der Waals surface area contributed by atoms with Crippen LogP contribution in [0.25, 0.3) is 0 Å². The van der Waals surface area contributed by atoms with Gasteiger partial charge in [0, 0.05) is 37.1 Å². The van der Waals surface area contributed by atoms with Crippen LogP contribution in [0.15, 0.2) is 60.7 Å². The summed E-state index contributed by atoms with van der Waals surface area (Å²) in [5.41, 5.74) is 2.61. The minimum atomic E-state index is -0.0921. The Morgan fingerprint density at radius 2 is 1.53 bits per heavy atom. The van der Waals surface area contributed by atoms with Crippen molar-refractivity contribution in [2.75, 3.05) is 32.7 Å². The zero-order chi connectivity index (χ0) is 23.9. The first-order valence-electron chi connectivity index (χ1n) is 13.2. The van der Waals surface area contributed by atoms with Crippen LogP contribution < -0.4 is 10.6 Å². The lowest BCUT2D eigenvalue weighted by Gasteiger charge is -2.33. The van der Waals surface area contributed by atoms with Crippen LogP contribution in [-0.2, 0) is 4.79 Å². The summed E-state index contributed by atoms with van der Waals surface area (Å²) in [5, 5.41) is 7.13. The first-order valence-corrected chi connectivity index (χ1v) is 13.2. The number of rotatable bonds is 9. The molecule has 5 heteroatoms. The number of carbonyl (C=O) groups excluding carboxylic acids is 1. The molecule has 0 radical (unpaired) electrons. The second-order valence-corrected chi connectivity index (χ2v) is 10.3. The molecule has 2 fully saturated rings. The van der Waals surface area contributed by atoms with Crippen LogP contribution in [0.3, 0.4) is 0 Å². The van der Waals surface area contributed by atoms with Crippen molar-refractivity contribution in [2.45, 2.75) is 70.1 Å². The maximum absolute atomic E-state index is 13.3. The molecule has 5 nitrogen and oxygen atoms in total. The average molecular weight is 463 g/mol. The highest BCUT2D eigenvalue weighted by molar-refractivity contribution is 5.82. The number of likely N-dealkylation sites (tertiary alicyclic amines) is 2. The van der Waals surface area contributed by atoms with Crippen molar-refractivity contribution >= 4 is 5.91 Å². The predicted octanol–water partition coefficient (Wildman–Crippen LogP) is 3.86. The van der Waals surface area contributed by atoms with Gasteiger partial charge in [-0.1, -0.05) is 67.6 Å². The Labute approximate surface area is 205 Å². The molecule has 2 aromatic carbocycles. The molecular formula is C29H42N4O. The SMILES string of the molecule is CCN1CCC(N[C@@H]2C[C@@H](C(=O)NC(C)C)N(CC(c3ccccc3)c3ccccc3)C2)CC1. The van der Waals surface area contributed by atoms with E-state index in [0.29, 0.717) is 12.1 Å². The van der Waals surface area contributed by atoms with Gasteiger partial charge in [0.25, 0.3) is 0 Å². The number of hydrogen-bond acceptors (Lipinski definition) is 4. The topological polar surface area (TPSA) is 47.6 Å². The lowest BCUT2D eigenvalue weighted by molar-refractivity contribution is -0.126. The Kier molecular flexibility index (Phi) is 8.76.